The van der Waals surface area contributed by atoms with Crippen LogP contribution >= 0.6 is 0 Å². The van der Waals surface area contributed by atoms with Crippen LogP contribution in [0.15, 0.2) is 24.8 Å². The molecule has 0 spiro atoms. The molecule has 0 saturated heterocycles. The highest BCUT2D eigenvalue weighted by Gasteiger charge is 2.16. The van der Waals surface area contributed by atoms with Gasteiger partial charge < -0.3 is 10.3 Å². The van der Waals surface area contributed by atoms with E-state index in [1.165, 1.54) is 5.56 Å². The fraction of sp³-hybridized carbons (Fsp3) is 0.538. The normalized spacial score (nSPS) is 14.6. The predicted molar refractivity (Wildman–Crippen MR) is 71.1 cm³/mol. The molecule has 5 heteroatoms. The summed E-state index contributed by atoms with van der Waals surface area (Å²) in [6, 6.07) is 0.514. The monoisotopic (exact) mass is 247 g/mol. The molecule has 0 fully saturated rings. The van der Waals surface area contributed by atoms with Crippen molar-refractivity contribution in [3.63, 3.8) is 0 Å². The first-order chi connectivity index (χ1) is 8.74. The van der Waals surface area contributed by atoms with E-state index < -0.39 is 0 Å². The molecule has 98 valence electrons. The van der Waals surface area contributed by atoms with Crippen molar-refractivity contribution in [3.05, 3.63) is 36.2 Å². The number of H-pyrrole nitrogens is 1. The molecule has 0 saturated carbocycles. The van der Waals surface area contributed by atoms with Crippen molar-refractivity contribution in [3.8, 4) is 0 Å². The Labute approximate surface area is 108 Å². The summed E-state index contributed by atoms with van der Waals surface area (Å²) in [5.74, 6) is 0.993. The fourth-order valence-corrected chi connectivity index (χ4v) is 2.03. The van der Waals surface area contributed by atoms with Gasteiger partial charge in [-0.2, -0.15) is 5.10 Å². The number of hydrogen-bond donors (Lipinski definition) is 2. The molecule has 0 aliphatic carbocycles. The highest BCUT2D eigenvalue weighted by Crippen LogP contribution is 2.19. The lowest BCUT2D eigenvalue weighted by Crippen LogP contribution is -2.24. The Morgan fingerprint density at radius 2 is 2.28 bits per heavy atom. The first kappa shape index (κ1) is 12.8. The number of aromatic nitrogens is 4. The standard InChI is InChI=1S/C13H21N5/c1-4-12(13-14-6-7-15-13)17-10(3)11-8-16-18(5-2)9-11/h6-10,12,17H,4-5H2,1-3H3,(H,14,15). The number of hydrogen-bond acceptors (Lipinski definition) is 3. The van der Waals surface area contributed by atoms with E-state index in [1.807, 2.05) is 17.1 Å². The van der Waals surface area contributed by atoms with Gasteiger partial charge in [0, 0.05) is 36.7 Å². The van der Waals surface area contributed by atoms with Crippen LogP contribution in [0.1, 0.15) is 50.7 Å². The first-order valence-electron chi connectivity index (χ1n) is 6.52. The molecule has 18 heavy (non-hydrogen) atoms. The maximum Gasteiger partial charge on any atom is 0.123 e. The predicted octanol–water partition coefficient (Wildman–Crippen LogP) is 2.43. The van der Waals surface area contributed by atoms with E-state index in [0.717, 1.165) is 18.8 Å². The van der Waals surface area contributed by atoms with Crippen molar-refractivity contribution in [1.82, 2.24) is 25.1 Å². The van der Waals surface area contributed by atoms with Gasteiger partial charge in [0.1, 0.15) is 5.82 Å². The molecule has 0 amide bonds. The van der Waals surface area contributed by atoms with E-state index in [1.54, 1.807) is 6.20 Å². The summed E-state index contributed by atoms with van der Waals surface area (Å²) in [4.78, 5) is 7.48. The van der Waals surface area contributed by atoms with Gasteiger partial charge in [-0.1, -0.05) is 6.92 Å². The fourth-order valence-electron chi connectivity index (χ4n) is 2.03. The molecule has 2 atom stereocenters. The number of imidazole rings is 1. The van der Waals surface area contributed by atoms with Crippen molar-refractivity contribution in [2.24, 2.45) is 0 Å². The summed E-state index contributed by atoms with van der Waals surface area (Å²) in [7, 11) is 0. The maximum atomic E-state index is 4.32. The third-order valence-corrected chi connectivity index (χ3v) is 3.19. The van der Waals surface area contributed by atoms with Crippen molar-refractivity contribution < 1.29 is 0 Å². The van der Waals surface area contributed by atoms with E-state index in [0.29, 0.717) is 0 Å². The van der Waals surface area contributed by atoms with Crippen molar-refractivity contribution >= 4 is 0 Å². The zero-order valence-corrected chi connectivity index (χ0v) is 11.2. The maximum absolute atomic E-state index is 4.32. The van der Waals surface area contributed by atoms with Crippen LogP contribution in [0.25, 0.3) is 0 Å². The number of aryl methyl sites for hydroxylation is 1. The number of nitrogens with zero attached hydrogens (tertiary/aromatic N) is 3. The smallest absolute Gasteiger partial charge is 0.123 e. The van der Waals surface area contributed by atoms with Gasteiger partial charge in [-0.3, -0.25) is 4.68 Å². The highest BCUT2D eigenvalue weighted by atomic mass is 15.3. The van der Waals surface area contributed by atoms with Crippen LogP contribution in [0, 0.1) is 0 Å². The van der Waals surface area contributed by atoms with Crippen LogP contribution in [0.3, 0.4) is 0 Å². The Kier molecular flexibility index (Phi) is 4.15. The van der Waals surface area contributed by atoms with Gasteiger partial charge in [0.25, 0.3) is 0 Å². The second-order valence-corrected chi connectivity index (χ2v) is 4.45. The zero-order valence-electron chi connectivity index (χ0n) is 11.2. The van der Waals surface area contributed by atoms with E-state index in [9.17, 15) is 0 Å². The van der Waals surface area contributed by atoms with Crippen LogP contribution < -0.4 is 5.32 Å². The van der Waals surface area contributed by atoms with Crippen LogP contribution in [0.2, 0.25) is 0 Å². The molecular formula is C13H21N5. The molecule has 2 aromatic heterocycles. The zero-order chi connectivity index (χ0) is 13.0. The summed E-state index contributed by atoms with van der Waals surface area (Å²) in [6.45, 7) is 7.31. The van der Waals surface area contributed by atoms with Crippen molar-refractivity contribution in [1.29, 1.82) is 0 Å². The molecule has 2 aromatic rings. The molecule has 5 nitrogen and oxygen atoms in total. The Morgan fingerprint density at radius 3 is 2.83 bits per heavy atom. The molecule has 0 aliphatic rings. The quantitative estimate of drug-likeness (QED) is 0.824. The lowest BCUT2D eigenvalue weighted by Gasteiger charge is -2.19. The van der Waals surface area contributed by atoms with Gasteiger partial charge in [-0.15, -0.1) is 0 Å². The molecule has 0 aromatic carbocycles. The van der Waals surface area contributed by atoms with E-state index >= 15 is 0 Å². The van der Waals surface area contributed by atoms with Crippen molar-refractivity contribution in [2.45, 2.75) is 45.8 Å². The minimum absolute atomic E-state index is 0.250. The Balaban J connectivity index is 2.03. The average molecular weight is 247 g/mol. The molecular weight excluding hydrogens is 226 g/mol. The summed E-state index contributed by atoms with van der Waals surface area (Å²) < 4.78 is 1.95. The van der Waals surface area contributed by atoms with Crippen LogP contribution in [0.5, 0.6) is 0 Å². The third-order valence-electron chi connectivity index (χ3n) is 3.19. The van der Waals surface area contributed by atoms with Crippen LogP contribution in [0.4, 0.5) is 0 Å². The highest BCUT2D eigenvalue weighted by molar-refractivity contribution is 5.10. The van der Waals surface area contributed by atoms with E-state index in [2.05, 4.69) is 47.4 Å². The summed E-state index contributed by atoms with van der Waals surface area (Å²) in [5, 5.41) is 7.88. The van der Waals surface area contributed by atoms with Gasteiger partial charge in [0.05, 0.1) is 12.2 Å². The van der Waals surface area contributed by atoms with Gasteiger partial charge in [-0.25, -0.2) is 4.98 Å². The lowest BCUT2D eigenvalue weighted by atomic mass is 10.1. The van der Waals surface area contributed by atoms with Crippen molar-refractivity contribution in [2.75, 3.05) is 0 Å². The summed E-state index contributed by atoms with van der Waals surface area (Å²) >= 11 is 0. The molecule has 0 aliphatic heterocycles. The molecule has 2 rings (SSSR count). The Morgan fingerprint density at radius 1 is 1.44 bits per heavy atom. The second kappa shape index (κ2) is 5.82. The Hall–Kier alpha value is -1.62. The average Bonchev–Trinajstić information content (AvgIpc) is 3.05. The number of aromatic amines is 1. The van der Waals surface area contributed by atoms with Gasteiger partial charge in [0.15, 0.2) is 0 Å². The summed E-state index contributed by atoms with van der Waals surface area (Å²) in [5.41, 5.74) is 1.21. The topological polar surface area (TPSA) is 58.5 Å². The Bertz CT molecular complexity index is 459. The lowest BCUT2D eigenvalue weighted by molar-refractivity contribution is 0.441. The SMILES string of the molecule is CCC(NC(C)c1cnn(CC)c1)c1ncc[nH]1. The van der Waals surface area contributed by atoms with Gasteiger partial charge in [-0.05, 0) is 20.3 Å². The third kappa shape index (κ3) is 2.79. The van der Waals surface area contributed by atoms with E-state index in [-0.39, 0.29) is 12.1 Å². The van der Waals surface area contributed by atoms with Gasteiger partial charge >= 0.3 is 0 Å². The van der Waals surface area contributed by atoms with Gasteiger partial charge in [0.2, 0.25) is 0 Å². The summed E-state index contributed by atoms with van der Waals surface area (Å²) in [6.07, 6.45) is 8.67. The van der Waals surface area contributed by atoms with E-state index in [4.69, 9.17) is 0 Å². The first-order valence-corrected chi connectivity index (χ1v) is 6.52. The van der Waals surface area contributed by atoms with Crippen LogP contribution in [-0.4, -0.2) is 19.7 Å². The van der Waals surface area contributed by atoms with Crippen LogP contribution in [-0.2, 0) is 6.54 Å². The minimum Gasteiger partial charge on any atom is -0.347 e. The molecule has 0 bridgehead atoms. The minimum atomic E-state index is 0.250. The molecule has 2 unspecified atom stereocenters. The molecule has 0 radical (unpaired) electrons. The number of nitrogens with one attached hydrogen (secondary N) is 2. The molecule has 2 heterocycles. The molecule has 2 N–H and O–H groups in total. The second-order valence-electron chi connectivity index (χ2n) is 4.45. The number of rotatable bonds is 6. The largest absolute Gasteiger partial charge is 0.347 e.